The molecule has 0 spiro atoms. The Morgan fingerprint density at radius 3 is 2.41 bits per heavy atom. The van der Waals surface area contributed by atoms with Gasteiger partial charge in [-0.05, 0) is 30.3 Å². The monoisotopic (exact) mass is 547 g/mol. The van der Waals surface area contributed by atoms with Gasteiger partial charge in [0, 0.05) is 57.3 Å². The van der Waals surface area contributed by atoms with Gasteiger partial charge in [-0.2, -0.15) is 5.10 Å². The van der Waals surface area contributed by atoms with Crippen molar-refractivity contribution < 1.29 is 4.39 Å². The van der Waals surface area contributed by atoms with Crippen LogP contribution >= 0.6 is 0 Å². The average Bonchev–Trinajstić information content (AvgIpc) is 3.72. The fourth-order valence-corrected chi connectivity index (χ4v) is 5.42. The quantitative estimate of drug-likeness (QED) is 0.331. The number of nitrogens with zero attached hydrogens (tertiary/aromatic N) is 8. The molecule has 0 aliphatic rings. The van der Waals surface area contributed by atoms with Crippen LogP contribution in [0, 0.1) is 5.82 Å². The fourth-order valence-electron chi connectivity index (χ4n) is 5.42. The Balaban J connectivity index is 1.54. The van der Waals surface area contributed by atoms with Crippen LogP contribution in [0.2, 0.25) is 0 Å². The number of halogens is 1. The van der Waals surface area contributed by atoms with Crippen molar-refractivity contribution in [1.29, 1.82) is 0 Å². The number of hydrogen-bond donors (Lipinski definition) is 1. The van der Waals surface area contributed by atoms with E-state index in [9.17, 15) is 4.79 Å². The molecule has 1 N–H and O–H groups in total. The first-order chi connectivity index (χ1) is 19.8. The highest BCUT2D eigenvalue weighted by Gasteiger charge is 2.22. The van der Waals surface area contributed by atoms with Crippen LogP contribution in [0.5, 0.6) is 0 Å². The van der Waals surface area contributed by atoms with Crippen LogP contribution in [-0.4, -0.2) is 38.0 Å². The largest absolute Gasteiger partial charge is 0.354 e. The third-order valence-electron chi connectivity index (χ3n) is 7.46. The lowest BCUT2D eigenvalue weighted by Gasteiger charge is -2.15. The molecule has 0 radical (unpaired) electrons. The summed E-state index contributed by atoms with van der Waals surface area (Å²) in [6, 6.07) is 16.9. The SMILES string of the molecule is Cn1cc(-c2cc3nc(-c4cncn4C)n(-c4cc(Nc5ccccc5)c5c(c4)n(C)c(=O)n5C)c3cc2F)cn1. The molecule has 0 amide bonds. The van der Waals surface area contributed by atoms with E-state index >= 15 is 4.39 Å². The topological polar surface area (TPSA) is 92.4 Å². The van der Waals surface area contributed by atoms with Gasteiger partial charge in [-0.3, -0.25) is 18.4 Å². The minimum Gasteiger partial charge on any atom is -0.354 e. The van der Waals surface area contributed by atoms with Crippen LogP contribution in [0.25, 0.3) is 50.4 Å². The van der Waals surface area contributed by atoms with Crippen LogP contribution in [0.1, 0.15) is 0 Å². The van der Waals surface area contributed by atoms with Crippen molar-refractivity contribution in [3.05, 3.63) is 95.8 Å². The molecule has 0 aliphatic heterocycles. The number of benzene rings is 3. The van der Waals surface area contributed by atoms with Gasteiger partial charge in [-0.25, -0.2) is 19.2 Å². The first-order valence-electron chi connectivity index (χ1n) is 13.0. The first-order valence-corrected chi connectivity index (χ1v) is 13.0. The standard InChI is InChI=1S/C30H26FN9O/c1-36-17-32-15-27(36)29-35-23-12-21(18-14-33-37(2)16-18)22(31)13-25(23)40(29)20-10-24(34-19-8-6-5-7-9-19)28-26(11-20)38(3)30(41)39(28)4/h5-17,34H,1-4H3. The Morgan fingerprint density at radius 1 is 0.902 bits per heavy atom. The number of hydrogen-bond acceptors (Lipinski definition) is 5. The Morgan fingerprint density at radius 2 is 1.71 bits per heavy atom. The van der Waals surface area contributed by atoms with Crippen molar-refractivity contribution >= 4 is 33.4 Å². The summed E-state index contributed by atoms with van der Waals surface area (Å²) in [5.74, 6) is 0.202. The van der Waals surface area contributed by atoms with E-state index in [1.54, 1.807) is 65.9 Å². The Bertz CT molecular complexity index is 2160. The molecule has 204 valence electrons. The Kier molecular flexibility index (Phi) is 5.43. The van der Waals surface area contributed by atoms with E-state index in [-0.39, 0.29) is 11.5 Å². The molecule has 7 aromatic rings. The number of para-hydroxylation sites is 1. The third-order valence-corrected chi connectivity index (χ3v) is 7.46. The lowest BCUT2D eigenvalue weighted by Crippen LogP contribution is -2.19. The van der Waals surface area contributed by atoms with Crippen molar-refractivity contribution in [2.24, 2.45) is 28.2 Å². The van der Waals surface area contributed by atoms with E-state index in [0.717, 1.165) is 28.1 Å². The van der Waals surface area contributed by atoms with Crippen molar-refractivity contribution in [2.75, 3.05) is 5.32 Å². The number of rotatable bonds is 5. The molecule has 3 aromatic carbocycles. The number of anilines is 2. The smallest absolute Gasteiger partial charge is 0.328 e. The van der Waals surface area contributed by atoms with E-state index in [1.807, 2.05) is 58.6 Å². The van der Waals surface area contributed by atoms with Crippen molar-refractivity contribution in [2.45, 2.75) is 0 Å². The molecule has 0 atom stereocenters. The summed E-state index contributed by atoms with van der Waals surface area (Å²) < 4.78 is 24.4. The van der Waals surface area contributed by atoms with Crippen LogP contribution in [0.4, 0.5) is 15.8 Å². The average molecular weight is 548 g/mol. The van der Waals surface area contributed by atoms with Crippen LogP contribution in [-0.2, 0) is 28.2 Å². The number of fused-ring (bicyclic) bond motifs is 2. The van der Waals surface area contributed by atoms with Crippen LogP contribution < -0.4 is 11.0 Å². The number of imidazole rings is 3. The molecule has 4 aromatic heterocycles. The second kappa shape index (κ2) is 9.05. The Hall–Kier alpha value is -5.45. The molecule has 0 unspecified atom stereocenters. The van der Waals surface area contributed by atoms with Crippen molar-refractivity contribution in [3.8, 4) is 28.3 Å². The molecule has 10 nitrogen and oxygen atoms in total. The summed E-state index contributed by atoms with van der Waals surface area (Å²) in [6.45, 7) is 0. The van der Waals surface area contributed by atoms with E-state index in [2.05, 4.69) is 15.4 Å². The van der Waals surface area contributed by atoms with Crippen molar-refractivity contribution in [1.82, 2.24) is 38.0 Å². The van der Waals surface area contributed by atoms with E-state index in [1.165, 1.54) is 6.07 Å². The molecular formula is C30H26FN9O. The zero-order valence-electron chi connectivity index (χ0n) is 22.9. The van der Waals surface area contributed by atoms with Gasteiger partial charge in [0.05, 0.1) is 52.2 Å². The fraction of sp³-hybridized carbons (Fsp3) is 0.133. The minimum atomic E-state index is -0.390. The number of nitrogens with one attached hydrogen (secondary N) is 1. The molecule has 0 saturated carbocycles. The maximum Gasteiger partial charge on any atom is 0.328 e. The van der Waals surface area contributed by atoms with E-state index < -0.39 is 0 Å². The van der Waals surface area contributed by atoms with Gasteiger partial charge in [0.15, 0.2) is 5.82 Å². The van der Waals surface area contributed by atoms with Gasteiger partial charge in [-0.1, -0.05) is 18.2 Å². The van der Waals surface area contributed by atoms with Gasteiger partial charge < -0.3 is 9.88 Å². The van der Waals surface area contributed by atoms with Crippen LogP contribution in [0.15, 0.2) is 84.3 Å². The van der Waals surface area contributed by atoms with Gasteiger partial charge in [-0.15, -0.1) is 0 Å². The van der Waals surface area contributed by atoms with E-state index in [4.69, 9.17) is 4.98 Å². The Labute approximate surface area is 233 Å². The molecule has 0 aliphatic carbocycles. The van der Waals surface area contributed by atoms with Gasteiger partial charge >= 0.3 is 5.69 Å². The molecule has 41 heavy (non-hydrogen) atoms. The predicted molar refractivity (Wildman–Crippen MR) is 157 cm³/mol. The molecule has 4 heterocycles. The summed E-state index contributed by atoms with van der Waals surface area (Å²) in [5, 5.41) is 7.68. The molecule has 11 heteroatoms. The molecule has 7 rings (SSSR count). The summed E-state index contributed by atoms with van der Waals surface area (Å²) in [5.41, 5.74) is 6.67. The molecular weight excluding hydrogens is 521 g/mol. The van der Waals surface area contributed by atoms with Gasteiger partial charge in [0.1, 0.15) is 11.5 Å². The van der Waals surface area contributed by atoms with Crippen LogP contribution in [0.3, 0.4) is 0 Å². The zero-order valence-corrected chi connectivity index (χ0v) is 22.9. The zero-order chi connectivity index (χ0) is 28.4. The highest BCUT2D eigenvalue weighted by molar-refractivity contribution is 5.95. The summed E-state index contributed by atoms with van der Waals surface area (Å²) in [4.78, 5) is 22.3. The highest BCUT2D eigenvalue weighted by atomic mass is 19.1. The number of aromatic nitrogens is 8. The minimum absolute atomic E-state index is 0.150. The van der Waals surface area contributed by atoms with E-state index in [0.29, 0.717) is 33.7 Å². The van der Waals surface area contributed by atoms with Gasteiger partial charge in [0.2, 0.25) is 0 Å². The molecule has 0 bridgehead atoms. The lowest BCUT2D eigenvalue weighted by atomic mass is 10.1. The summed E-state index contributed by atoms with van der Waals surface area (Å²) in [6.07, 6.45) is 6.84. The third kappa shape index (κ3) is 3.85. The lowest BCUT2D eigenvalue weighted by molar-refractivity contribution is 0.632. The predicted octanol–water partition coefficient (Wildman–Crippen LogP) is 4.90. The maximum absolute atomic E-state index is 15.7. The van der Waals surface area contributed by atoms with Gasteiger partial charge in [0.25, 0.3) is 0 Å². The maximum atomic E-state index is 15.7. The first kappa shape index (κ1) is 24.6. The normalized spacial score (nSPS) is 11.6. The molecule has 0 saturated heterocycles. The summed E-state index contributed by atoms with van der Waals surface area (Å²) >= 11 is 0. The number of aryl methyl sites for hydroxylation is 4. The summed E-state index contributed by atoms with van der Waals surface area (Å²) in [7, 11) is 7.18. The van der Waals surface area contributed by atoms with Crippen molar-refractivity contribution in [3.63, 3.8) is 0 Å². The second-order valence-electron chi connectivity index (χ2n) is 10.1. The molecule has 0 fully saturated rings. The highest BCUT2D eigenvalue weighted by Crippen LogP contribution is 2.36. The second-order valence-corrected chi connectivity index (χ2v) is 10.1.